The van der Waals surface area contributed by atoms with E-state index in [1.54, 1.807) is 12.4 Å². The van der Waals surface area contributed by atoms with Gasteiger partial charge in [-0.1, -0.05) is 0 Å². The molecule has 0 aliphatic carbocycles. The topological polar surface area (TPSA) is 76.8 Å². The van der Waals surface area contributed by atoms with Gasteiger partial charge in [-0.25, -0.2) is 9.97 Å². The summed E-state index contributed by atoms with van der Waals surface area (Å²) in [7, 11) is 0. The fourth-order valence-electron chi connectivity index (χ4n) is 4.22. The summed E-state index contributed by atoms with van der Waals surface area (Å²) < 4.78 is 1.92. The summed E-state index contributed by atoms with van der Waals surface area (Å²) in [5, 5.41) is 4.45. The highest BCUT2D eigenvalue weighted by atomic mass is 16.2. The van der Waals surface area contributed by atoms with Gasteiger partial charge in [-0.15, -0.1) is 0 Å². The number of hydrogen-bond acceptors (Lipinski definition) is 5. The van der Waals surface area contributed by atoms with Crippen molar-refractivity contribution in [3.8, 4) is 11.1 Å². The fraction of sp³-hybridized carbons (Fsp3) is 0.435. The summed E-state index contributed by atoms with van der Waals surface area (Å²) in [5.74, 6) is 1.32. The van der Waals surface area contributed by atoms with E-state index < -0.39 is 0 Å². The first kappa shape index (κ1) is 20.2. The minimum Gasteiger partial charge on any atom is -0.343 e. The van der Waals surface area contributed by atoms with Crippen LogP contribution in [-0.2, 0) is 11.3 Å². The molecule has 1 amide bonds. The van der Waals surface area contributed by atoms with Gasteiger partial charge < -0.3 is 4.90 Å². The first-order valence-electron chi connectivity index (χ1n) is 10.5. The van der Waals surface area contributed by atoms with Crippen molar-refractivity contribution in [2.45, 2.75) is 52.5 Å². The molecule has 0 aromatic carbocycles. The van der Waals surface area contributed by atoms with Crippen LogP contribution in [0.25, 0.3) is 11.1 Å². The molecule has 0 bridgehead atoms. The molecular formula is C23H28N6O. The second-order valence-electron chi connectivity index (χ2n) is 8.01. The molecule has 0 radical (unpaired) electrons. The molecule has 4 heterocycles. The quantitative estimate of drug-likeness (QED) is 0.651. The molecule has 3 aromatic rings. The standard InChI is InChI=1S/C23H28N6O/c1-16-14-17(2)29(27-16)13-8-22(30)28-11-6-20(7-12-28)23-21(15-25-18(3)26-23)19-4-9-24-10-5-19/h4-5,9-10,14-15,20H,6-8,11-13H2,1-3H3. The van der Waals surface area contributed by atoms with E-state index in [1.165, 1.54) is 0 Å². The summed E-state index contributed by atoms with van der Waals surface area (Å²) >= 11 is 0. The van der Waals surface area contributed by atoms with E-state index >= 15 is 0 Å². The number of nitrogens with zero attached hydrogens (tertiary/aromatic N) is 6. The second-order valence-corrected chi connectivity index (χ2v) is 8.01. The van der Waals surface area contributed by atoms with Crippen molar-refractivity contribution in [2.75, 3.05) is 13.1 Å². The third-order valence-electron chi connectivity index (χ3n) is 5.81. The molecule has 0 atom stereocenters. The highest BCUT2D eigenvalue weighted by Crippen LogP contribution is 2.33. The van der Waals surface area contributed by atoms with E-state index in [2.05, 4.69) is 15.1 Å². The molecular weight excluding hydrogens is 376 g/mol. The van der Waals surface area contributed by atoms with Gasteiger partial charge in [-0.05, 0) is 57.4 Å². The molecule has 1 fully saturated rings. The number of rotatable bonds is 5. The molecule has 0 spiro atoms. The van der Waals surface area contributed by atoms with Crippen molar-refractivity contribution < 1.29 is 4.79 Å². The Balaban J connectivity index is 1.40. The molecule has 1 aliphatic rings. The number of carbonyl (C=O) groups excluding carboxylic acids is 1. The summed E-state index contributed by atoms with van der Waals surface area (Å²) in [6, 6.07) is 6.03. The average Bonchev–Trinajstić information content (AvgIpc) is 3.09. The molecule has 3 aromatic heterocycles. The fourth-order valence-corrected chi connectivity index (χ4v) is 4.22. The summed E-state index contributed by atoms with van der Waals surface area (Å²) in [5.41, 5.74) is 5.33. The van der Waals surface area contributed by atoms with Crippen LogP contribution in [0, 0.1) is 20.8 Å². The Kier molecular flexibility index (Phi) is 5.88. The molecule has 0 saturated carbocycles. The number of aryl methyl sites for hydroxylation is 4. The van der Waals surface area contributed by atoms with Crippen LogP contribution in [-0.4, -0.2) is 48.6 Å². The van der Waals surface area contributed by atoms with Gasteiger partial charge in [-0.3, -0.25) is 14.5 Å². The Hall–Kier alpha value is -3.09. The molecule has 1 saturated heterocycles. The van der Waals surface area contributed by atoms with Gasteiger partial charge >= 0.3 is 0 Å². The summed E-state index contributed by atoms with van der Waals surface area (Å²) in [4.78, 5) is 28.0. The van der Waals surface area contributed by atoms with E-state index in [-0.39, 0.29) is 5.91 Å². The Morgan fingerprint density at radius 1 is 1.13 bits per heavy atom. The van der Waals surface area contributed by atoms with Crippen molar-refractivity contribution in [1.29, 1.82) is 0 Å². The number of amides is 1. The van der Waals surface area contributed by atoms with Gasteiger partial charge in [0.15, 0.2) is 0 Å². The maximum Gasteiger partial charge on any atom is 0.224 e. The van der Waals surface area contributed by atoms with E-state index in [9.17, 15) is 4.79 Å². The molecule has 30 heavy (non-hydrogen) atoms. The lowest BCUT2D eigenvalue weighted by atomic mass is 9.89. The SMILES string of the molecule is Cc1cc(C)n(CCC(=O)N2CCC(c3nc(C)ncc3-c3ccncc3)CC2)n1. The maximum absolute atomic E-state index is 12.7. The number of aromatic nitrogens is 5. The average molecular weight is 405 g/mol. The van der Waals surface area contributed by atoms with Gasteiger partial charge in [0, 0.05) is 61.8 Å². The molecule has 0 N–H and O–H groups in total. The molecule has 1 aliphatic heterocycles. The van der Waals surface area contributed by atoms with Crippen molar-refractivity contribution in [1.82, 2.24) is 29.6 Å². The lowest BCUT2D eigenvalue weighted by molar-refractivity contribution is -0.132. The maximum atomic E-state index is 12.7. The zero-order chi connectivity index (χ0) is 21.1. The van der Waals surface area contributed by atoms with Gasteiger partial charge in [-0.2, -0.15) is 5.10 Å². The highest BCUT2D eigenvalue weighted by molar-refractivity contribution is 5.76. The van der Waals surface area contributed by atoms with Crippen molar-refractivity contribution in [2.24, 2.45) is 0 Å². The minimum absolute atomic E-state index is 0.203. The smallest absolute Gasteiger partial charge is 0.224 e. The van der Waals surface area contributed by atoms with Crippen LogP contribution in [0.3, 0.4) is 0 Å². The van der Waals surface area contributed by atoms with E-state index in [0.717, 1.165) is 60.0 Å². The zero-order valence-corrected chi connectivity index (χ0v) is 17.9. The van der Waals surface area contributed by atoms with Gasteiger partial charge in [0.25, 0.3) is 0 Å². The van der Waals surface area contributed by atoms with Crippen LogP contribution in [0.15, 0.2) is 36.8 Å². The van der Waals surface area contributed by atoms with Crippen LogP contribution in [0.5, 0.6) is 0 Å². The van der Waals surface area contributed by atoms with E-state index in [0.29, 0.717) is 18.9 Å². The predicted octanol–water partition coefficient (Wildman–Crippen LogP) is 3.46. The number of likely N-dealkylation sites (tertiary alicyclic amines) is 1. The zero-order valence-electron chi connectivity index (χ0n) is 17.9. The van der Waals surface area contributed by atoms with Gasteiger partial charge in [0.1, 0.15) is 5.82 Å². The third-order valence-corrected chi connectivity index (χ3v) is 5.81. The van der Waals surface area contributed by atoms with Crippen molar-refractivity contribution in [3.05, 3.63) is 59.7 Å². The number of pyridine rings is 1. The largest absolute Gasteiger partial charge is 0.343 e. The Morgan fingerprint density at radius 3 is 2.53 bits per heavy atom. The normalized spacial score (nSPS) is 14.8. The Bertz CT molecular complexity index is 1020. The minimum atomic E-state index is 0.203. The number of carbonyl (C=O) groups is 1. The van der Waals surface area contributed by atoms with Gasteiger partial charge in [0.2, 0.25) is 5.91 Å². The first-order valence-corrected chi connectivity index (χ1v) is 10.5. The first-order chi connectivity index (χ1) is 14.5. The highest BCUT2D eigenvalue weighted by Gasteiger charge is 2.27. The third kappa shape index (κ3) is 4.40. The molecule has 7 heteroatoms. The Morgan fingerprint density at radius 2 is 1.87 bits per heavy atom. The lowest BCUT2D eigenvalue weighted by Crippen LogP contribution is -2.38. The lowest BCUT2D eigenvalue weighted by Gasteiger charge is -2.32. The number of piperidine rings is 1. The van der Waals surface area contributed by atoms with Gasteiger partial charge in [0.05, 0.1) is 11.4 Å². The van der Waals surface area contributed by atoms with E-state index in [4.69, 9.17) is 4.98 Å². The molecule has 156 valence electrons. The van der Waals surface area contributed by atoms with E-state index in [1.807, 2.05) is 54.7 Å². The van der Waals surface area contributed by atoms with Crippen LogP contribution in [0.4, 0.5) is 0 Å². The van der Waals surface area contributed by atoms with Crippen LogP contribution < -0.4 is 0 Å². The summed E-state index contributed by atoms with van der Waals surface area (Å²) in [6.45, 7) is 8.09. The monoisotopic (exact) mass is 404 g/mol. The van der Waals surface area contributed by atoms with Crippen LogP contribution >= 0.6 is 0 Å². The number of hydrogen-bond donors (Lipinski definition) is 0. The van der Waals surface area contributed by atoms with Crippen molar-refractivity contribution in [3.63, 3.8) is 0 Å². The molecule has 0 unspecified atom stereocenters. The van der Waals surface area contributed by atoms with Crippen molar-refractivity contribution >= 4 is 5.91 Å². The second kappa shape index (κ2) is 8.73. The Labute approximate surface area is 177 Å². The predicted molar refractivity (Wildman–Crippen MR) is 115 cm³/mol. The molecule has 4 rings (SSSR count). The van der Waals surface area contributed by atoms with Crippen LogP contribution in [0.1, 0.15) is 48.1 Å². The summed E-state index contributed by atoms with van der Waals surface area (Å²) in [6.07, 6.45) is 7.83. The van der Waals surface area contributed by atoms with Crippen LogP contribution in [0.2, 0.25) is 0 Å². The molecule has 7 nitrogen and oxygen atoms in total.